The average molecular weight is 423 g/mol. The fraction of sp³-hybridized carbons (Fsp3) is 0.462. The summed E-state index contributed by atoms with van der Waals surface area (Å²) in [4.78, 5) is 12.0. The monoisotopic (exact) mass is 422 g/mol. The molecule has 1 aliphatic rings. The van der Waals surface area contributed by atoms with Gasteiger partial charge < -0.3 is 10.6 Å². The predicted molar refractivity (Wildman–Crippen MR) is 85.7 cm³/mol. The maximum atomic E-state index is 12.0. The van der Waals surface area contributed by atoms with Crippen LogP contribution in [0.1, 0.15) is 19.3 Å². The second-order valence-corrected chi connectivity index (χ2v) is 6.65. The van der Waals surface area contributed by atoms with Gasteiger partial charge in [0, 0.05) is 14.5 Å². The van der Waals surface area contributed by atoms with Crippen molar-refractivity contribution in [2.45, 2.75) is 19.3 Å². The van der Waals surface area contributed by atoms with Crippen LogP contribution in [0.4, 0.5) is 5.69 Å². The molecule has 0 radical (unpaired) electrons. The van der Waals surface area contributed by atoms with Crippen molar-refractivity contribution in [1.82, 2.24) is 5.32 Å². The van der Waals surface area contributed by atoms with Crippen LogP contribution in [0.15, 0.2) is 22.7 Å². The summed E-state index contributed by atoms with van der Waals surface area (Å²) in [5.41, 5.74) is 0.893. The Bertz CT molecular complexity index is 433. The van der Waals surface area contributed by atoms with Crippen molar-refractivity contribution in [3.05, 3.63) is 26.2 Å². The van der Waals surface area contributed by atoms with E-state index in [0.29, 0.717) is 12.3 Å². The summed E-state index contributed by atoms with van der Waals surface area (Å²) >= 11 is 5.66. The van der Waals surface area contributed by atoms with E-state index in [1.165, 1.54) is 0 Å². The normalized spacial score (nSPS) is 16.6. The summed E-state index contributed by atoms with van der Waals surface area (Å²) in [5.74, 6) is 0.647. The van der Waals surface area contributed by atoms with Crippen LogP contribution >= 0.6 is 38.5 Å². The number of halogens is 2. The van der Waals surface area contributed by atoms with Gasteiger partial charge in [0.25, 0.3) is 0 Å². The first kappa shape index (κ1) is 14.3. The maximum Gasteiger partial charge on any atom is 0.224 e. The molecule has 1 aromatic rings. The summed E-state index contributed by atoms with van der Waals surface area (Å²) in [6.07, 6.45) is 2.83. The molecule has 3 nitrogen and oxygen atoms in total. The van der Waals surface area contributed by atoms with E-state index in [4.69, 9.17) is 0 Å². The lowest BCUT2D eigenvalue weighted by atomic mass is 9.94. The smallest absolute Gasteiger partial charge is 0.224 e. The van der Waals surface area contributed by atoms with Crippen molar-refractivity contribution in [2.75, 3.05) is 18.4 Å². The molecule has 1 heterocycles. The number of hydrogen-bond donors (Lipinski definition) is 2. The number of anilines is 1. The Hall–Kier alpha value is -0.140. The molecule has 0 aromatic heterocycles. The minimum absolute atomic E-state index is 0.123. The molecule has 98 valence electrons. The minimum atomic E-state index is 0.123. The Balaban J connectivity index is 1.92. The quantitative estimate of drug-likeness (QED) is 0.733. The van der Waals surface area contributed by atoms with Crippen LogP contribution in [0, 0.1) is 9.49 Å². The van der Waals surface area contributed by atoms with Crippen molar-refractivity contribution < 1.29 is 4.79 Å². The van der Waals surface area contributed by atoms with Gasteiger partial charge in [-0.2, -0.15) is 0 Å². The highest BCUT2D eigenvalue weighted by molar-refractivity contribution is 14.1. The second-order valence-electron chi connectivity index (χ2n) is 4.57. The highest BCUT2D eigenvalue weighted by atomic mass is 127. The predicted octanol–water partition coefficient (Wildman–Crippen LogP) is 3.38. The van der Waals surface area contributed by atoms with Gasteiger partial charge in [0.15, 0.2) is 0 Å². The average Bonchev–Trinajstić information content (AvgIpc) is 2.35. The number of amides is 1. The molecule has 18 heavy (non-hydrogen) atoms. The van der Waals surface area contributed by atoms with Gasteiger partial charge in [-0.15, -0.1) is 0 Å². The van der Waals surface area contributed by atoms with Crippen molar-refractivity contribution in [3.8, 4) is 0 Å². The molecule has 0 spiro atoms. The Kier molecular flexibility index (Phi) is 5.44. The highest BCUT2D eigenvalue weighted by Crippen LogP contribution is 2.24. The number of carbonyl (C=O) groups is 1. The topological polar surface area (TPSA) is 41.1 Å². The second kappa shape index (κ2) is 6.86. The first-order valence-corrected chi connectivity index (χ1v) is 7.98. The number of piperidine rings is 1. The van der Waals surface area contributed by atoms with Crippen molar-refractivity contribution in [1.29, 1.82) is 0 Å². The summed E-state index contributed by atoms with van der Waals surface area (Å²) in [5, 5.41) is 6.32. The SMILES string of the molecule is O=C(CC1CCNCC1)Nc1cc(Br)ccc1I. The molecule has 1 aromatic carbocycles. The zero-order chi connectivity index (χ0) is 13.0. The van der Waals surface area contributed by atoms with Crippen LogP contribution in [-0.2, 0) is 4.79 Å². The molecule has 0 bridgehead atoms. The molecule has 1 aliphatic heterocycles. The largest absolute Gasteiger partial charge is 0.325 e. The van der Waals surface area contributed by atoms with Gasteiger partial charge in [0.2, 0.25) is 5.91 Å². The van der Waals surface area contributed by atoms with E-state index in [1.54, 1.807) is 0 Å². The molecule has 0 atom stereocenters. The molecule has 1 fully saturated rings. The van der Waals surface area contributed by atoms with Crippen LogP contribution in [0.5, 0.6) is 0 Å². The lowest BCUT2D eigenvalue weighted by molar-refractivity contribution is -0.117. The fourth-order valence-electron chi connectivity index (χ4n) is 2.14. The Morgan fingerprint density at radius 2 is 2.17 bits per heavy atom. The summed E-state index contributed by atoms with van der Waals surface area (Å²) < 4.78 is 2.05. The van der Waals surface area contributed by atoms with Gasteiger partial charge in [-0.3, -0.25) is 4.79 Å². The minimum Gasteiger partial charge on any atom is -0.325 e. The third-order valence-electron chi connectivity index (χ3n) is 3.14. The van der Waals surface area contributed by atoms with Gasteiger partial charge in [-0.25, -0.2) is 0 Å². The van der Waals surface area contributed by atoms with Crippen molar-refractivity contribution in [2.24, 2.45) is 5.92 Å². The Morgan fingerprint density at radius 3 is 2.89 bits per heavy atom. The zero-order valence-electron chi connectivity index (χ0n) is 10.0. The first-order chi connectivity index (χ1) is 8.65. The van der Waals surface area contributed by atoms with E-state index in [2.05, 4.69) is 49.2 Å². The van der Waals surface area contributed by atoms with Crippen molar-refractivity contribution >= 4 is 50.1 Å². The van der Waals surface area contributed by atoms with Gasteiger partial charge in [0.05, 0.1) is 5.69 Å². The molecule has 0 saturated carbocycles. The molecular weight excluding hydrogens is 407 g/mol. The van der Waals surface area contributed by atoms with Crippen LogP contribution in [0.2, 0.25) is 0 Å². The van der Waals surface area contributed by atoms with E-state index in [-0.39, 0.29) is 5.91 Å². The summed E-state index contributed by atoms with van der Waals surface area (Å²) in [7, 11) is 0. The van der Waals surface area contributed by atoms with E-state index >= 15 is 0 Å². The molecule has 0 unspecified atom stereocenters. The maximum absolute atomic E-state index is 12.0. The van der Waals surface area contributed by atoms with Crippen LogP contribution in [0.25, 0.3) is 0 Å². The van der Waals surface area contributed by atoms with Crippen LogP contribution < -0.4 is 10.6 Å². The number of carbonyl (C=O) groups excluding carboxylic acids is 1. The zero-order valence-corrected chi connectivity index (χ0v) is 13.8. The summed E-state index contributed by atoms with van der Waals surface area (Å²) in [6, 6.07) is 5.91. The molecule has 2 N–H and O–H groups in total. The van der Waals surface area contributed by atoms with E-state index in [1.807, 2.05) is 18.2 Å². The standard InChI is InChI=1S/C13H16BrIN2O/c14-10-1-2-11(15)12(8-10)17-13(18)7-9-3-5-16-6-4-9/h1-2,8-9,16H,3-7H2,(H,17,18). The van der Waals surface area contributed by atoms with Gasteiger partial charge in [0.1, 0.15) is 0 Å². The van der Waals surface area contributed by atoms with Crippen molar-refractivity contribution in [3.63, 3.8) is 0 Å². The summed E-state index contributed by atoms with van der Waals surface area (Å²) in [6.45, 7) is 2.07. The van der Waals surface area contributed by atoms with Gasteiger partial charge >= 0.3 is 0 Å². The van der Waals surface area contributed by atoms with Crippen LogP contribution in [-0.4, -0.2) is 19.0 Å². The fourth-order valence-corrected chi connectivity index (χ4v) is 2.97. The van der Waals surface area contributed by atoms with Crippen LogP contribution in [0.3, 0.4) is 0 Å². The van der Waals surface area contributed by atoms with E-state index < -0.39 is 0 Å². The number of nitrogens with one attached hydrogen (secondary N) is 2. The van der Waals surface area contributed by atoms with E-state index in [0.717, 1.165) is 39.7 Å². The lowest BCUT2D eigenvalue weighted by Crippen LogP contribution is -2.30. The third kappa shape index (κ3) is 4.20. The Morgan fingerprint density at radius 1 is 1.44 bits per heavy atom. The lowest BCUT2D eigenvalue weighted by Gasteiger charge is -2.22. The molecule has 1 amide bonds. The van der Waals surface area contributed by atoms with Gasteiger partial charge in [-0.1, -0.05) is 15.9 Å². The molecule has 0 aliphatic carbocycles. The molecular formula is C13H16BrIN2O. The number of benzene rings is 1. The molecule has 1 saturated heterocycles. The molecule has 5 heteroatoms. The third-order valence-corrected chi connectivity index (χ3v) is 4.57. The van der Waals surface area contributed by atoms with Gasteiger partial charge in [-0.05, 0) is 72.6 Å². The number of hydrogen-bond acceptors (Lipinski definition) is 2. The molecule has 2 rings (SSSR count). The van der Waals surface area contributed by atoms with E-state index in [9.17, 15) is 4.79 Å². The first-order valence-electron chi connectivity index (χ1n) is 6.11. The number of rotatable bonds is 3. The Labute approximate surface area is 129 Å². The highest BCUT2D eigenvalue weighted by Gasteiger charge is 2.17.